The van der Waals surface area contributed by atoms with Gasteiger partial charge in [0.25, 0.3) is 5.91 Å². The fraction of sp³-hybridized carbons (Fsp3) is 0.100. The van der Waals surface area contributed by atoms with Crippen LogP contribution in [0.3, 0.4) is 0 Å². The van der Waals surface area contributed by atoms with Crippen LogP contribution in [0, 0.1) is 0 Å². The molecule has 0 spiro atoms. The molecule has 138 valence electrons. The maximum atomic E-state index is 12.8. The molecule has 0 saturated carbocycles. The Kier molecular flexibility index (Phi) is 5.12. The van der Waals surface area contributed by atoms with E-state index in [9.17, 15) is 18.0 Å². The Hall–Kier alpha value is -3.35. The molecule has 0 unspecified atom stereocenters. The number of carbonyl (C=O) groups is 1. The van der Waals surface area contributed by atoms with Gasteiger partial charge < -0.3 is 4.74 Å². The standard InChI is InChI=1S/C20H15F3N2O2/c1-27-18-10-9-13-5-2-3-8-16(13)17(18)12-24-25-19(26)14-6-4-7-15(11-14)20(21,22)23/h2-12H,1H3,(H,25,26)/b24-12+. The molecular formula is C20H15F3N2O2. The van der Waals surface area contributed by atoms with Crippen LogP contribution in [0.1, 0.15) is 21.5 Å². The molecule has 1 amide bonds. The summed E-state index contributed by atoms with van der Waals surface area (Å²) in [5, 5.41) is 5.71. The number of alkyl halides is 3. The second kappa shape index (κ2) is 7.49. The van der Waals surface area contributed by atoms with Crippen LogP contribution in [-0.2, 0) is 6.18 Å². The van der Waals surface area contributed by atoms with Gasteiger partial charge in [-0.15, -0.1) is 0 Å². The zero-order valence-electron chi connectivity index (χ0n) is 14.2. The lowest BCUT2D eigenvalue weighted by Crippen LogP contribution is -2.18. The van der Waals surface area contributed by atoms with Crippen LogP contribution in [0.4, 0.5) is 13.2 Å². The lowest BCUT2D eigenvalue weighted by Gasteiger charge is -2.09. The van der Waals surface area contributed by atoms with E-state index < -0.39 is 17.6 Å². The topological polar surface area (TPSA) is 50.7 Å². The Bertz CT molecular complexity index is 1010. The van der Waals surface area contributed by atoms with Crippen LogP contribution in [0.5, 0.6) is 5.75 Å². The fourth-order valence-corrected chi connectivity index (χ4v) is 2.64. The van der Waals surface area contributed by atoms with Gasteiger partial charge in [-0.25, -0.2) is 5.43 Å². The number of rotatable bonds is 4. The van der Waals surface area contributed by atoms with Crippen molar-refractivity contribution in [3.05, 3.63) is 77.4 Å². The number of carbonyl (C=O) groups excluding carboxylic acids is 1. The van der Waals surface area contributed by atoms with Crippen LogP contribution in [-0.4, -0.2) is 19.2 Å². The first-order chi connectivity index (χ1) is 12.9. The van der Waals surface area contributed by atoms with Gasteiger partial charge in [0, 0.05) is 11.1 Å². The summed E-state index contributed by atoms with van der Waals surface area (Å²) >= 11 is 0. The summed E-state index contributed by atoms with van der Waals surface area (Å²) in [5.74, 6) is -0.178. The molecule has 0 radical (unpaired) electrons. The largest absolute Gasteiger partial charge is 0.496 e. The molecule has 3 aromatic carbocycles. The Morgan fingerprint density at radius 3 is 2.59 bits per heavy atom. The molecule has 4 nitrogen and oxygen atoms in total. The number of hydrogen-bond acceptors (Lipinski definition) is 3. The molecule has 0 aliphatic heterocycles. The highest BCUT2D eigenvalue weighted by Gasteiger charge is 2.30. The van der Waals surface area contributed by atoms with Gasteiger partial charge in [0.15, 0.2) is 0 Å². The van der Waals surface area contributed by atoms with Crippen molar-refractivity contribution in [2.24, 2.45) is 5.10 Å². The molecule has 27 heavy (non-hydrogen) atoms. The third kappa shape index (κ3) is 4.08. The normalized spacial score (nSPS) is 11.7. The number of nitrogens with zero attached hydrogens (tertiary/aromatic N) is 1. The highest BCUT2D eigenvalue weighted by atomic mass is 19.4. The first-order valence-corrected chi connectivity index (χ1v) is 7.96. The lowest BCUT2D eigenvalue weighted by molar-refractivity contribution is -0.137. The molecule has 3 aromatic rings. The van der Waals surface area contributed by atoms with Crippen molar-refractivity contribution in [1.82, 2.24) is 5.43 Å². The zero-order chi connectivity index (χ0) is 19.4. The smallest absolute Gasteiger partial charge is 0.416 e. The van der Waals surface area contributed by atoms with Crippen molar-refractivity contribution < 1.29 is 22.7 Å². The third-order valence-electron chi connectivity index (χ3n) is 3.96. The second-order valence-corrected chi connectivity index (χ2v) is 5.68. The first-order valence-electron chi connectivity index (χ1n) is 7.96. The van der Waals surface area contributed by atoms with Gasteiger partial charge in [-0.1, -0.05) is 36.4 Å². The van der Waals surface area contributed by atoms with Crippen LogP contribution in [0.15, 0.2) is 65.8 Å². The number of ether oxygens (including phenoxy) is 1. The van der Waals surface area contributed by atoms with Gasteiger partial charge in [0.2, 0.25) is 0 Å². The van der Waals surface area contributed by atoms with E-state index in [1.807, 2.05) is 30.3 Å². The molecule has 0 heterocycles. The number of nitrogens with one attached hydrogen (secondary N) is 1. The van der Waals surface area contributed by atoms with E-state index in [1.54, 1.807) is 6.07 Å². The van der Waals surface area contributed by atoms with Crippen LogP contribution < -0.4 is 10.2 Å². The molecule has 7 heteroatoms. The van der Waals surface area contributed by atoms with Crippen molar-refractivity contribution in [2.75, 3.05) is 7.11 Å². The molecule has 0 aliphatic carbocycles. The van der Waals surface area contributed by atoms with E-state index in [1.165, 1.54) is 25.5 Å². The second-order valence-electron chi connectivity index (χ2n) is 5.68. The van der Waals surface area contributed by atoms with Crippen molar-refractivity contribution >= 4 is 22.9 Å². The number of benzene rings is 3. The maximum absolute atomic E-state index is 12.8. The summed E-state index contributed by atoms with van der Waals surface area (Å²) in [6.45, 7) is 0. The first kappa shape index (κ1) is 18.4. The Balaban J connectivity index is 1.84. The van der Waals surface area contributed by atoms with Gasteiger partial charge in [0.1, 0.15) is 5.75 Å². The quantitative estimate of drug-likeness (QED) is 0.536. The van der Waals surface area contributed by atoms with E-state index in [4.69, 9.17) is 4.74 Å². The number of halogens is 3. The number of hydrazone groups is 1. The van der Waals surface area contributed by atoms with E-state index in [-0.39, 0.29) is 5.56 Å². The van der Waals surface area contributed by atoms with Gasteiger partial charge in [-0.2, -0.15) is 18.3 Å². The summed E-state index contributed by atoms with van der Waals surface area (Å²) in [6.07, 6.45) is -3.11. The Morgan fingerprint density at radius 2 is 1.85 bits per heavy atom. The van der Waals surface area contributed by atoms with Crippen LogP contribution in [0.2, 0.25) is 0 Å². The van der Waals surface area contributed by atoms with Crippen molar-refractivity contribution in [2.45, 2.75) is 6.18 Å². The lowest BCUT2D eigenvalue weighted by atomic mass is 10.0. The summed E-state index contributed by atoms with van der Waals surface area (Å²) in [7, 11) is 1.52. The van der Waals surface area contributed by atoms with Gasteiger partial charge >= 0.3 is 6.18 Å². The minimum Gasteiger partial charge on any atom is -0.496 e. The van der Waals surface area contributed by atoms with E-state index >= 15 is 0 Å². The van der Waals surface area contributed by atoms with Gasteiger partial charge in [-0.05, 0) is 35.0 Å². The number of methoxy groups -OCH3 is 1. The van der Waals surface area contributed by atoms with Gasteiger partial charge in [0.05, 0.1) is 18.9 Å². The van der Waals surface area contributed by atoms with Crippen LogP contribution in [0.25, 0.3) is 10.8 Å². The molecule has 0 atom stereocenters. The SMILES string of the molecule is COc1ccc2ccccc2c1/C=N/NC(=O)c1cccc(C(F)(F)F)c1. The molecule has 0 fully saturated rings. The number of amides is 1. The van der Waals surface area contributed by atoms with E-state index in [0.29, 0.717) is 11.3 Å². The predicted octanol–water partition coefficient (Wildman–Crippen LogP) is 4.63. The molecule has 0 bridgehead atoms. The fourth-order valence-electron chi connectivity index (χ4n) is 2.64. The van der Waals surface area contributed by atoms with Crippen molar-refractivity contribution in [1.29, 1.82) is 0 Å². The highest BCUT2D eigenvalue weighted by molar-refractivity contribution is 6.03. The van der Waals surface area contributed by atoms with Gasteiger partial charge in [-0.3, -0.25) is 4.79 Å². The van der Waals surface area contributed by atoms with Crippen LogP contribution >= 0.6 is 0 Å². The predicted molar refractivity (Wildman–Crippen MR) is 97.0 cm³/mol. The number of hydrogen-bond donors (Lipinski definition) is 1. The molecule has 1 N–H and O–H groups in total. The molecule has 3 rings (SSSR count). The van der Waals surface area contributed by atoms with Crippen molar-refractivity contribution in [3.8, 4) is 5.75 Å². The summed E-state index contributed by atoms with van der Waals surface area (Å²) in [5.41, 5.74) is 1.88. The molecule has 0 aromatic heterocycles. The average molecular weight is 372 g/mol. The maximum Gasteiger partial charge on any atom is 0.416 e. The molecule has 0 saturated heterocycles. The monoisotopic (exact) mass is 372 g/mol. The summed E-state index contributed by atoms with van der Waals surface area (Å²) in [4.78, 5) is 12.1. The van der Waals surface area contributed by atoms with E-state index in [2.05, 4.69) is 10.5 Å². The number of fused-ring (bicyclic) bond motifs is 1. The zero-order valence-corrected chi connectivity index (χ0v) is 14.2. The minimum atomic E-state index is -4.52. The summed E-state index contributed by atoms with van der Waals surface area (Å²) in [6, 6.07) is 15.4. The average Bonchev–Trinajstić information content (AvgIpc) is 2.67. The Morgan fingerprint density at radius 1 is 1.07 bits per heavy atom. The Labute approximate surface area is 153 Å². The highest BCUT2D eigenvalue weighted by Crippen LogP contribution is 2.29. The minimum absolute atomic E-state index is 0.133. The molecular weight excluding hydrogens is 357 g/mol. The third-order valence-corrected chi connectivity index (χ3v) is 3.96. The summed E-state index contributed by atoms with van der Waals surface area (Å²) < 4.78 is 43.6. The van der Waals surface area contributed by atoms with Crippen molar-refractivity contribution in [3.63, 3.8) is 0 Å². The van der Waals surface area contributed by atoms with E-state index in [0.717, 1.165) is 22.9 Å². The molecule has 0 aliphatic rings.